The number of hydrogen-bond donors (Lipinski definition) is 3. The fourth-order valence-electron chi connectivity index (χ4n) is 1.53. The number of benzene rings is 1. The van der Waals surface area contributed by atoms with Gasteiger partial charge in [-0.15, -0.1) is 12.4 Å². The van der Waals surface area contributed by atoms with Crippen molar-refractivity contribution in [3.63, 3.8) is 0 Å². The Hall–Kier alpha value is -2.27. The third-order valence-corrected chi connectivity index (χ3v) is 2.45. The Bertz CT molecular complexity index is 557. The van der Waals surface area contributed by atoms with E-state index < -0.39 is 0 Å². The summed E-state index contributed by atoms with van der Waals surface area (Å²) in [5.74, 6) is 1.34. The maximum Gasteiger partial charge on any atom is 0.141 e. The van der Waals surface area contributed by atoms with E-state index in [0.29, 0.717) is 11.4 Å². The number of methoxy groups -OCH3 is 1. The molecule has 0 spiro atoms. The molecule has 0 aliphatic carbocycles. The molecular weight excluding hydrogens is 264 g/mol. The minimum Gasteiger partial charge on any atom is -0.497 e. The Labute approximate surface area is 117 Å². The highest BCUT2D eigenvalue weighted by atomic mass is 35.5. The van der Waals surface area contributed by atoms with Crippen LogP contribution in [0.25, 0.3) is 0 Å². The lowest BCUT2D eigenvalue weighted by atomic mass is 10.2. The summed E-state index contributed by atoms with van der Waals surface area (Å²) in [6.45, 7) is 0. The van der Waals surface area contributed by atoms with Gasteiger partial charge in [-0.2, -0.15) is 0 Å². The summed E-state index contributed by atoms with van der Waals surface area (Å²) in [7, 11) is 1.62. The number of halogens is 1. The highest BCUT2D eigenvalue weighted by Crippen LogP contribution is 2.20. The minimum absolute atomic E-state index is 0. The number of nitrogens with one attached hydrogen (secondary N) is 2. The molecule has 0 saturated heterocycles. The average Bonchev–Trinajstić information content (AvgIpc) is 2.40. The standard InChI is InChI=1S/C13H14N4O.ClH/c1-18-10-6-4-9(5-7-10)17-13-11(12(14)15)3-2-8-16-13;/h2-8H,1H3,(H3,14,15)(H,16,17);1H. The zero-order chi connectivity index (χ0) is 13.0. The Morgan fingerprint density at radius 2 is 1.95 bits per heavy atom. The van der Waals surface area contributed by atoms with E-state index in [1.165, 1.54) is 0 Å². The molecule has 0 bridgehead atoms. The number of pyridine rings is 1. The van der Waals surface area contributed by atoms with E-state index in [1.54, 1.807) is 25.4 Å². The molecule has 6 heteroatoms. The lowest BCUT2D eigenvalue weighted by Crippen LogP contribution is -2.14. The fraction of sp³-hybridized carbons (Fsp3) is 0.0769. The van der Waals surface area contributed by atoms with Crippen molar-refractivity contribution < 1.29 is 4.74 Å². The number of nitrogens with zero attached hydrogens (tertiary/aromatic N) is 1. The Kier molecular flexibility index (Phi) is 5.14. The maximum atomic E-state index is 7.48. The van der Waals surface area contributed by atoms with Gasteiger partial charge < -0.3 is 15.8 Å². The molecular formula is C13H15ClN4O. The fourth-order valence-corrected chi connectivity index (χ4v) is 1.53. The van der Waals surface area contributed by atoms with Crippen molar-refractivity contribution in [3.8, 4) is 5.75 Å². The van der Waals surface area contributed by atoms with Gasteiger partial charge in [0.05, 0.1) is 12.7 Å². The van der Waals surface area contributed by atoms with Crippen molar-refractivity contribution in [1.82, 2.24) is 4.98 Å². The van der Waals surface area contributed by atoms with Crippen molar-refractivity contribution in [1.29, 1.82) is 5.41 Å². The first kappa shape index (κ1) is 14.8. The molecule has 4 N–H and O–H groups in total. The molecule has 0 unspecified atom stereocenters. The van der Waals surface area contributed by atoms with E-state index in [0.717, 1.165) is 11.4 Å². The van der Waals surface area contributed by atoms with E-state index in [1.807, 2.05) is 24.3 Å². The van der Waals surface area contributed by atoms with Gasteiger partial charge in [0.15, 0.2) is 0 Å². The first-order chi connectivity index (χ1) is 8.70. The van der Waals surface area contributed by atoms with Gasteiger partial charge in [-0.1, -0.05) is 0 Å². The van der Waals surface area contributed by atoms with Crippen LogP contribution in [0.5, 0.6) is 5.75 Å². The number of hydrogen-bond acceptors (Lipinski definition) is 4. The monoisotopic (exact) mass is 278 g/mol. The maximum absolute atomic E-state index is 7.48. The quantitative estimate of drug-likeness (QED) is 0.593. The number of nitrogens with two attached hydrogens (primary N) is 1. The van der Waals surface area contributed by atoms with Crippen LogP contribution in [0.4, 0.5) is 11.5 Å². The van der Waals surface area contributed by atoms with Crippen LogP contribution in [-0.2, 0) is 0 Å². The van der Waals surface area contributed by atoms with Gasteiger partial charge in [0, 0.05) is 11.9 Å². The normalized spacial score (nSPS) is 9.32. The SMILES string of the molecule is COc1ccc(Nc2ncccc2C(=N)N)cc1.Cl. The van der Waals surface area contributed by atoms with Crippen molar-refractivity contribution in [2.24, 2.45) is 5.73 Å². The molecule has 0 radical (unpaired) electrons. The molecule has 0 aliphatic heterocycles. The molecule has 2 aromatic rings. The Morgan fingerprint density at radius 3 is 2.53 bits per heavy atom. The molecule has 1 aromatic heterocycles. The van der Waals surface area contributed by atoms with Gasteiger partial charge in [0.2, 0.25) is 0 Å². The van der Waals surface area contributed by atoms with Crippen LogP contribution < -0.4 is 15.8 Å². The Morgan fingerprint density at radius 1 is 1.26 bits per heavy atom. The van der Waals surface area contributed by atoms with E-state index in [2.05, 4.69) is 10.3 Å². The predicted octanol–water partition coefficient (Wildman–Crippen LogP) is 2.54. The van der Waals surface area contributed by atoms with Gasteiger partial charge in [-0.05, 0) is 36.4 Å². The smallest absolute Gasteiger partial charge is 0.141 e. The first-order valence-electron chi connectivity index (χ1n) is 5.41. The molecule has 1 heterocycles. The number of rotatable bonds is 4. The van der Waals surface area contributed by atoms with E-state index in [4.69, 9.17) is 15.9 Å². The summed E-state index contributed by atoms with van der Waals surface area (Å²) >= 11 is 0. The van der Waals surface area contributed by atoms with Crippen LogP contribution in [0.2, 0.25) is 0 Å². The molecule has 100 valence electrons. The summed E-state index contributed by atoms with van der Waals surface area (Å²) in [5.41, 5.74) is 6.93. The number of anilines is 2. The van der Waals surface area contributed by atoms with Crippen LogP contribution in [0.15, 0.2) is 42.6 Å². The molecule has 0 fully saturated rings. The third kappa shape index (κ3) is 3.59. The van der Waals surface area contributed by atoms with Gasteiger partial charge in [0.1, 0.15) is 17.4 Å². The zero-order valence-corrected chi connectivity index (χ0v) is 11.2. The van der Waals surface area contributed by atoms with E-state index in [-0.39, 0.29) is 18.2 Å². The number of amidine groups is 1. The summed E-state index contributed by atoms with van der Waals surface area (Å²) in [6, 6.07) is 10.9. The highest BCUT2D eigenvalue weighted by molar-refractivity contribution is 5.99. The van der Waals surface area contributed by atoms with Gasteiger partial charge in [0.25, 0.3) is 0 Å². The van der Waals surface area contributed by atoms with Crippen LogP contribution in [0.3, 0.4) is 0 Å². The van der Waals surface area contributed by atoms with Crippen molar-refractivity contribution >= 4 is 29.7 Å². The van der Waals surface area contributed by atoms with Gasteiger partial charge in [-0.3, -0.25) is 5.41 Å². The van der Waals surface area contributed by atoms with Crippen LogP contribution in [0, 0.1) is 5.41 Å². The second-order valence-electron chi connectivity index (χ2n) is 3.67. The topological polar surface area (TPSA) is 84.0 Å². The third-order valence-electron chi connectivity index (χ3n) is 2.45. The lowest BCUT2D eigenvalue weighted by molar-refractivity contribution is 0.415. The number of ether oxygens (including phenoxy) is 1. The largest absolute Gasteiger partial charge is 0.497 e. The molecule has 19 heavy (non-hydrogen) atoms. The summed E-state index contributed by atoms with van der Waals surface area (Å²) in [5, 5.41) is 10.6. The highest BCUT2D eigenvalue weighted by Gasteiger charge is 2.06. The van der Waals surface area contributed by atoms with Crippen LogP contribution in [-0.4, -0.2) is 17.9 Å². The molecule has 2 rings (SSSR count). The van der Waals surface area contributed by atoms with Gasteiger partial charge in [-0.25, -0.2) is 4.98 Å². The van der Waals surface area contributed by atoms with E-state index >= 15 is 0 Å². The molecule has 5 nitrogen and oxygen atoms in total. The molecule has 0 atom stereocenters. The average molecular weight is 279 g/mol. The Balaban J connectivity index is 0.00000180. The second kappa shape index (κ2) is 6.61. The lowest BCUT2D eigenvalue weighted by Gasteiger charge is -2.10. The van der Waals surface area contributed by atoms with Gasteiger partial charge >= 0.3 is 0 Å². The van der Waals surface area contributed by atoms with Crippen molar-refractivity contribution in [3.05, 3.63) is 48.2 Å². The second-order valence-corrected chi connectivity index (χ2v) is 3.67. The van der Waals surface area contributed by atoms with Crippen molar-refractivity contribution in [2.75, 3.05) is 12.4 Å². The first-order valence-corrected chi connectivity index (χ1v) is 5.41. The number of aromatic nitrogens is 1. The molecule has 0 amide bonds. The molecule has 0 aliphatic rings. The summed E-state index contributed by atoms with van der Waals surface area (Å²) in [6.07, 6.45) is 1.65. The van der Waals surface area contributed by atoms with Crippen molar-refractivity contribution in [2.45, 2.75) is 0 Å². The molecule has 0 saturated carbocycles. The number of nitrogen functional groups attached to an aromatic ring is 1. The van der Waals surface area contributed by atoms with Crippen LogP contribution in [0.1, 0.15) is 5.56 Å². The summed E-state index contributed by atoms with van der Waals surface area (Å²) in [4.78, 5) is 4.17. The van der Waals surface area contributed by atoms with E-state index in [9.17, 15) is 0 Å². The zero-order valence-electron chi connectivity index (χ0n) is 10.4. The minimum atomic E-state index is -0.0147. The molecule has 1 aromatic carbocycles. The predicted molar refractivity (Wildman–Crippen MR) is 78.8 cm³/mol. The van der Waals surface area contributed by atoms with Crippen LogP contribution >= 0.6 is 12.4 Å². The summed E-state index contributed by atoms with van der Waals surface area (Å²) < 4.78 is 5.08.